The zero-order chi connectivity index (χ0) is 15.3. The van der Waals surface area contributed by atoms with Gasteiger partial charge in [-0.2, -0.15) is 0 Å². The number of ether oxygens (including phenoxy) is 3. The highest BCUT2D eigenvalue weighted by Crippen LogP contribution is 2.25. The first-order valence-electron chi connectivity index (χ1n) is 7.94. The Bertz CT molecular complexity index is 371. The second kappa shape index (κ2) is 11.5. The maximum absolute atomic E-state index is 5.74. The largest absolute Gasteiger partial charge is 0.494 e. The van der Waals surface area contributed by atoms with Crippen LogP contribution in [0.1, 0.15) is 38.8 Å². The Morgan fingerprint density at radius 1 is 1.00 bits per heavy atom. The van der Waals surface area contributed by atoms with Crippen molar-refractivity contribution < 1.29 is 14.2 Å². The molecule has 120 valence electrons. The van der Waals surface area contributed by atoms with E-state index in [1.165, 1.54) is 0 Å². The molecule has 1 rings (SSSR count). The normalized spacial score (nSPS) is 12.3. The molecule has 1 aromatic carbocycles. The van der Waals surface area contributed by atoms with E-state index >= 15 is 0 Å². The third-order valence-corrected chi connectivity index (χ3v) is 3.05. The molecule has 1 N–H and O–H groups in total. The Morgan fingerprint density at radius 2 is 1.76 bits per heavy atom. The third-order valence-electron chi connectivity index (χ3n) is 3.05. The van der Waals surface area contributed by atoms with E-state index in [1.807, 2.05) is 25.1 Å². The van der Waals surface area contributed by atoms with Crippen LogP contribution in [0.4, 0.5) is 0 Å². The van der Waals surface area contributed by atoms with Crippen molar-refractivity contribution in [2.45, 2.75) is 33.2 Å². The number of para-hydroxylation sites is 1. The predicted molar refractivity (Wildman–Crippen MR) is 86.0 cm³/mol. The lowest BCUT2D eigenvalue weighted by atomic mass is 10.1. The first-order valence-corrected chi connectivity index (χ1v) is 7.94. The molecule has 0 amide bonds. The summed E-state index contributed by atoms with van der Waals surface area (Å²) in [7, 11) is 0. The Hall–Kier alpha value is -1.10. The maximum atomic E-state index is 5.74. The van der Waals surface area contributed by atoms with Crippen molar-refractivity contribution in [1.29, 1.82) is 0 Å². The van der Waals surface area contributed by atoms with Gasteiger partial charge in [0.25, 0.3) is 0 Å². The topological polar surface area (TPSA) is 39.7 Å². The lowest BCUT2D eigenvalue weighted by Gasteiger charge is -2.21. The average Bonchev–Trinajstić information content (AvgIpc) is 2.51. The monoisotopic (exact) mass is 295 g/mol. The molecule has 1 atom stereocenters. The molecule has 0 aliphatic rings. The second-order valence-corrected chi connectivity index (χ2v) is 4.77. The van der Waals surface area contributed by atoms with E-state index in [0.717, 1.165) is 30.9 Å². The molecule has 21 heavy (non-hydrogen) atoms. The van der Waals surface area contributed by atoms with Gasteiger partial charge in [-0.15, -0.1) is 0 Å². The molecule has 4 heteroatoms. The van der Waals surface area contributed by atoms with Crippen LogP contribution < -0.4 is 10.1 Å². The van der Waals surface area contributed by atoms with E-state index in [1.54, 1.807) is 0 Å². The van der Waals surface area contributed by atoms with E-state index < -0.39 is 0 Å². The number of rotatable bonds is 12. The van der Waals surface area contributed by atoms with Gasteiger partial charge in [-0.05, 0) is 26.0 Å². The Balaban J connectivity index is 2.52. The Morgan fingerprint density at radius 3 is 2.48 bits per heavy atom. The van der Waals surface area contributed by atoms with Crippen LogP contribution in [0.3, 0.4) is 0 Å². The molecule has 1 unspecified atom stereocenters. The summed E-state index contributed by atoms with van der Waals surface area (Å²) in [5.41, 5.74) is 1.15. The molecular formula is C17H29NO3. The van der Waals surface area contributed by atoms with Crippen molar-refractivity contribution in [2.24, 2.45) is 0 Å². The van der Waals surface area contributed by atoms with Gasteiger partial charge in [0.15, 0.2) is 0 Å². The second-order valence-electron chi connectivity index (χ2n) is 4.77. The molecule has 0 fully saturated rings. The molecule has 0 aromatic heterocycles. The van der Waals surface area contributed by atoms with Crippen molar-refractivity contribution in [3.05, 3.63) is 29.8 Å². The number of hydrogen-bond donors (Lipinski definition) is 1. The van der Waals surface area contributed by atoms with Gasteiger partial charge in [0.2, 0.25) is 0 Å². The van der Waals surface area contributed by atoms with Gasteiger partial charge in [-0.1, -0.05) is 32.0 Å². The molecular weight excluding hydrogens is 266 g/mol. The van der Waals surface area contributed by atoms with Crippen LogP contribution in [0.25, 0.3) is 0 Å². The van der Waals surface area contributed by atoms with Gasteiger partial charge in [-0.25, -0.2) is 0 Å². The highest BCUT2D eigenvalue weighted by Gasteiger charge is 2.15. The third kappa shape index (κ3) is 6.93. The van der Waals surface area contributed by atoms with Gasteiger partial charge in [0.1, 0.15) is 5.75 Å². The zero-order valence-corrected chi connectivity index (χ0v) is 13.6. The standard InChI is InChI=1S/C17H29NO3/c1-4-11-19-12-13-20-14-16(18-5-2)15-9-7-8-10-17(15)21-6-3/h7-10,16,18H,4-6,11-14H2,1-3H3. The van der Waals surface area contributed by atoms with E-state index in [-0.39, 0.29) is 6.04 Å². The minimum Gasteiger partial charge on any atom is -0.494 e. The smallest absolute Gasteiger partial charge is 0.124 e. The highest BCUT2D eigenvalue weighted by atomic mass is 16.5. The van der Waals surface area contributed by atoms with Crippen molar-refractivity contribution >= 4 is 0 Å². The molecule has 0 aliphatic carbocycles. The van der Waals surface area contributed by atoms with Crippen molar-refractivity contribution in [3.63, 3.8) is 0 Å². The van der Waals surface area contributed by atoms with Crippen LogP contribution in [-0.2, 0) is 9.47 Å². The molecule has 1 aromatic rings. The molecule has 0 heterocycles. The van der Waals surface area contributed by atoms with Gasteiger partial charge in [0, 0.05) is 12.2 Å². The number of nitrogens with one attached hydrogen (secondary N) is 1. The fraction of sp³-hybridized carbons (Fsp3) is 0.647. The lowest BCUT2D eigenvalue weighted by molar-refractivity contribution is 0.0390. The summed E-state index contributed by atoms with van der Waals surface area (Å²) in [4.78, 5) is 0. The van der Waals surface area contributed by atoms with E-state index in [4.69, 9.17) is 14.2 Å². The molecule has 0 saturated heterocycles. The number of hydrogen-bond acceptors (Lipinski definition) is 4. The van der Waals surface area contributed by atoms with Crippen LogP contribution in [0.15, 0.2) is 24.3 Å². The van der Waals surface area contributed by atoms with Gasteiger partial charge in [0.05, 0.1) is 32.5 Å². The van der Waals surface area contributed by atoms with E-state index in [9.17, 15) is 0 Å². The molecule has 0 bridgehead atoms. The van der Waals surface area contributed by atoms with Crippen LogP contribution in [-0.4, -0.2) is 39.6 Å². The van der Waals surface area contributed by atoms with E-state index in [0.29, 0.717) is 26.4 Å². The van der Waals surface area contributed by atoms with Gasteiger partial charge < -0.3 is 19.5 Å². The molecule has 0 saturated carbocycles. The van der Waals surface area contributed by atoms with Crippen LogP contribution in [0, 0.1) is 0 Å². The summed E-state index contributed by atoms with van der Waals surface area (Å²) in [6.07, 6.45) is 1.04. The Labute approximate surface area is 128 Å². The molecule has 0 radical (unpaired) electrons. The summed E-state index contributed by atoms with van der Waals surface area (Å²) in [6.45, 7) is 10.5. The van der Waals surface area contributed by atoms with E-state index in [2.05, 4.69) is 25.2 Å². The maximum Gasteiger partial charge on any atom is 0.124 e. The molecule has 0 aliphatic heterocycles. The summed E-state index contributed by atoms with van der Waals surface area (Å²) in [6, 6.07) is 8.27. The summed E-state index contributed by atoms with van der Waals surface area (Å²) < 4.78 is 16.9. The minimum atomic E-state index is 0.143. The SMILES string of the molecule is CCCOCCOCC(NCC)c1ccccc1OCC. The predicted octanol–water partition coefficient (Wildman–Crippen LogP) is 3.18. The first-order chi connectivity index (χ1) is 10.3. The summed E-state index contributed by atoms with van der Waals surface area (Å²) >= 11 is 0. The van der Waals surface area contributed by atoms with Gasteiger partial charge in [-0.3, -0.25) is 0 Å². The summed E-state index contributed by atoms with van der Waals surface area (Å²) in [5.74, 6) is 0.928. The van der Waals surface area contributed by atoms with Crippen LogP contribution in [0.5, 0.6) is 5.75 Å². The Kier molecular flexibility index (Phi) is 9.87. The lowest BCUT2D eigenvalue weighted by Crippen LogP contribution is -2.26. The molecule has 4 nitrogen and oxygen atoms in total. The quantitative estimate of drug-likeness (QED) is 0.601. The highest BCUT2D eigenvalue weighted by molar-refractivity contribution is 5.36. The van der Waals surface area contributed by atoms with Crippen LogP contribution >= 0.6 is 0 Å². The fourth-order valence-corrected chi connectivity index (χ4v) is 2.13. The van der Waals surface area contributed by atoms with Crippen LogP contribution in [0.2, 0.25) is 0 Å². The van der Waals surface area contributed by atoms with Crippen molar-refractivity contribution in [3.8, 4) is 5.75 Å². The van der Waals surface area contributed by atoms with Crippen molar-refractivity contribution in [2.75, 3.05) is 39.6 Å². The average molecular weight is 295 g/mol. The number of likely N-dealkylation sites (N-methyl/N-ethyl adjacent to an activating group) is 1. The van der Waals surface area contributed by atoms with Crippen molar-refractivity contribution in [1.82, 2.24) is 5.32 Å². The minimum absolute atomic E-state index is 0.143. The number of benzene rings is 1. The zero-order valence-electron chi connectivity index (χ0n) is 13.6. The summed E-state index contributed by atoms with van der Waals surface area (Å²) in [5, 5.41) is 3.45. The fourth-order valence-electron chi connectivity index (χ4n) is 2.13. The molecule has 0 spiro atoms. The first kappa shape index (κ1) is 18.0. The van der Waals surface area contributed by atoms with Gasteiger partial charge >= 0.3 is 0 Å².